The van der Waals surface area contributed by atoms with Crippen molar-refractivity contribution in [2.45, 2.75) is 29.2 Å². The van der Waals surface area contributed by atoms with E-state index in [1.807, 2.05) is 4.72 Å². The van der Waals surface area contributed by atoms with Gasteiger partial charge < -0.3 is 10.2 Å². The van der Waals surface area contributed by atoms with Gasteiger partial charge in [0.25, 0.3) is 10.0 Å². The molecule has 208 valence electrons. The fourth-order valence-electron chi connectivity index (χ4n) is 3.73. The van der Waals surface area contributed by atoms with Gasteiger partial charge in [-0.25, -0.2) is 39.9 Å². The van der Waals surface area contributed by atoms with Crippen LogP contribution in [0.1, 0.15) is 11.1 Å². The van der Waals surface area contributed by atoms with E-state index in [4.69, 9.17) is 0 Å². The number of carbonyl (C=O) groups excluding carboxylic acids is 2. The first-order chi connectivity index (χ1) is 18.2. The molecule has 0 spiro atoms. The number of aryl methyl sites for hydroxylation is 1. The number of hydrogen-bond donors (Lipinski definition) is 3. The molecular formula is C25H26F2N4O6S2. The molecule has 3 aromatic rings. The molecule has 0 bridgehead atoms. The molecule has 1 atom stereocenters. The largest absolute Gasteiger partial charge is 0.329 e. The molecule has 3 aromatic carbocycles. The number of likely N-dealkylation sites (N-methyl/N-ethyl adjacent to an activating group) is 1. The number of benzene rings is 3. The van der Waals surface area contributed by atoms with Crippen LogP contribution in [0.5, 0.6) is 0 Å². The zero-order valence-electron chi connectivity index (χ0n) is 21.1. The van der Waals surface area contributed by atoms with Crippen molar-refractivity contribution in [1.29, 1.82) is 0 Å². The number of hydrogen-bond acceptors (Lipinski definition) is 6. The molecule has 0 radical (unpaired) electrons. The second-order valence-corrected chi connectivity index (χ2v) is 12.0. The van der Waals surface area contributed by atoms with Gasteiger partial charge in [0.05, 0.1) is 9.79 Å². The molecule has 0 aliphatic heterocycles. The molecule has 0 saturated carbocycles. The highest BCUT2D eigenvalue weighted by molar-refractivity contribution is 7.90. The highest BCUT2D eigenvalue weighted by Crippen LogP contribution is 2.20. The molecule has 0 saturated heterocycles. The number of anilines is 1. The fraction of sp³-hybridized carbons (Fsp3) is 0.200. The Labute approximate surface area is 225 Å². The van der Waals surface area contributed by atoms with Crippen molar-refractivity contribution in [3.05, 3.63) is 89.5 Å². The zero-order valence-corrected chi connectivity index (χ0v) is 22.7. The van der Waals surface area contributed by atoms with E-state index in [2.05, 4.69) is 10.0 Å². The monoisotopic (exact) mass is 580 g/mol. The maximum absolute atomic E-state index is 13.8. The molecule has 0 fully saturated rings. The maximum Gasteiger partial charge on any atom is 0.329 e. The zero-order chi connectivity index (χ0) is 29.0. The molecule has 39 heavy (non-hydrogen) atoms. The van der Waals surface area contributed by atoms with Crippen LogP contribution in [0.25, 0.3) is 0 Å². The summed E-state index contributed by atoms with van der Waals surface area (Å²) in [6.45, 7) is 1.54. The van der Waals surface area contributed by atoms with Gasteiger partial charge in [0.2, 0.25) is 15.9 Å². The van der Waals surface area contributed by atoms with Crippen molar-refractivity contribution in [2.24, 2.45) is 0 Å². The highest BCUT2D eigenvalue weighted by Gasteiger charge is 2.28. The van der Waals surface area contributed by atoms with Crippen LogP contribution in [0, 0.1) is 18.6 Å². The fourth-order valence-corrected chi connectivity index (χ4v) is 5.66. The van der Waals surface area contributed by atoms with E-state index in [9.17, 15) is 35.2 Å². The standard InChI is InChI=1S/C25H26F2N4O6S2/c1-16-7-4-5-10-23(16)39(36,37)30-25(33)29-22(13-17-11-18(26)14-19(27)12-17)24(32)31(3)20-8-6-9-21(15-20)38(34,35)28-2/h4-12,14-15,22,28H,13H2,1-3H3,(H2,29,30,33)/t22-/m0/s1. The normalized spacial score (nSPS) is 12.4. The third-order valence-corrected chi connectivity index (χ3v) is 8.59. The van der Waals surface area contributed by atoms with Crippen LogP contribution < -0.4 is 19.7 Å². The summed E-state index contributed by atoms with van der Waals surface area (Å²) in [5, 5.41) is 2.26. The van der Waals surface area contributed by atoms with E-state index < -0.39 is 56.1 Å². The minimum absolute atomic E-state index is 0.00724. The lowest BCUT2D eigenvalue weighted by Gasteiger charge is -2.25. The summed E-state index contributed by atoms with van der Waals surface area (Å²) < 4.78 is 81.5. The van der Waals surface area contributed by atoms with E-state index in [0.29, 0.717) is 11.6 Å². The molecule has 0 aliphatic carbocycles. The molecule has 0 unspecified atom stereocenters. The Balaban J connectivity index is 1.92. The third-order valence-electron chi connectivity index (χ3n) is 5.69. The first kappa shape index (κ1) is 29.7. The van der Waals surface area contributed by atoms with Crippen LogP contribution in [0.3, 0.4) is 0 Å². The lowest BCUT2D eigenvalue weighted by molar-refractivity contribution is -0.120. The van der Waals surface area contributed by atoms with Crippen LogP contribution in [0.2, 0.25) is 0 Å². The predicted molar refractivity (Wildman–Crippen MR) is 140 cm³/mol. The Hall–Kier alpha value is -3.88. The number of carbonyl (C=O) groups is 2. The van der Waals surface area contributed by atoms with Gasteiger partial charge in [0.1, 0.15) is 17.7 Å². The van der Waals surface area contributed by atoms with Crippen LogP contribution in [0.15, 0.2) is 76.5 Å². The number of nitrogens with zero attached hydrogens (tertiary/aromatic N) is 1. The second-order valence-electron chi connectivity index (χ2n) is 8.48. The minimum Gasteiger partial charge on any atom is -0.325 e. The Morgan fingerprint density at radius 3 is 2.15 bits per heavy atom. The number of nitrogens with one attached hydrogen (secondary N) is 3. The summed E-state index contributed by atoms with van der Waals surface area (Å²) in [6, 6.07) is 11.1. The van der Waals surface area contributed by atoms with Gasteiger partial charge >= 0.3 is 6.03 Å². The molecule has 14 heteroatoms. The number of amides is 3. The first-order valence-corrected chi connectivity index (χ1v) is 14.4. The van der Waals surface area contributed by atoms with Crippen LogP contribution in [-0.4, -0.2) is 48.9 Å². The number of sulfonamides is 2. The average molecular weight is 581 g/mol. The van der Waals surface area contributed by atoms with Gasteiger partial charge in [-0.05, 0) is 61.5 Å². The Morgan fingerprint density at radius 2 is 1.54 bits per heavy atom. The third kappa shape index (κ3) is 7.37. The van der Waals surface area contributed by atoms with Crippen LogP contribution >= 0.6 is 0 Å². The molecule has 3 amide bonds. The van der Waals surface area contributed by atoms with E-state index in [-0.39, 0.29) is 21.0 Å². The summed E-state index contributed by atoms with van der Waals surface area (Å²) in [5.74, 6) is -2.65. The van der Waals surface area contributed by atoms with Crippen molar-refractivity contribution in [2.75, 3.05) is 19.0 Å². The van der Waals surface area contributed by atoms with Gasteiger partial charge in [-0.15, -0.1) is 0 Å². The molecule has 0 aromatic heterocycles. The minimum atomic E-state index is -4.33. The lowest BCUT2D eigenvalue weighted by atomic mass is 10.0. The van der Waals surface area contributed by atoms with Crippen LogP contribution in [0.4, 0.5) is 19.3 Å². The summed E-state index contributed by atoms with van der Waals surface area (Å²) in [4.78, 5) is 27.0. The van der Waals surface area contributed by atoms with E-state index >= 15 is 0 Å². The number of urea groups is 1. The quantitative estimate of drug-likeness (QED) is 0.355. The smallest absolute Gasteiger partial charge is 0.325 e. The summed E-state index contributed by atoms with van der Waals surface area (Å²) in [7, 11) is -5.65. The van der Waals surface area contributed by atoms with Crippen molar-refractivity contribution in [1.82, 2.24) is 14.8 Å². The van der Waals surface area contributed by atoms with Gasteiger partial charge in [-0.1, -0.05) is 24.3 Å². The predicted octanol–water partition coefficient (Wildman–Crippen LogP) is 2.44. The average Bonchev–Trinajstić information content (AvgIpc) is 2.86. The van der Waals surface area contributed by atoms with Gasteiger partial charge in [-0.3, -0.25) is 4.79 Å². The Kier molecular flexibility index (Phi) is 9.04. The lowest BCUT2D eigenvalue weighted by Crippen LogP contribution is -2.52. The van der Waals surface area contributed by atoms with Crippen LogP contribution in [-0.2, 0) is 31.3 Å². The van der Waals surface area contributed by atoms with Crippen molar-refractivity contribution in [3.63, 3.8) is 0 Å². The SMILES string of the molecule is CNS(=O)(=O)c1cccc(N(C)C(=O)[C@H](Cc2cc(F)cc(F)c2)NC(=O)NS(=O)(=O)c2ccccc2C)c1. The first-order valence-electron chi connectivity index (χ1n) is 11.4. The van der Waals surface area contributed by atoms with E-state index in [0.717, 1.165) is 17.0 Å². The molecule has 0 heterocycles. The second kappa shape index (κ2) is 11.9. The molecule has 3 rings (SSSR count). The van der Waals surface area contributed by atoms with Crippen molar-refractivity contribution >= 4 is 37.7 Å². The summed E-state index contributed by atoms with van der Waals surface area (Å²) >= 11 is 0. The molecule has 0 aliphatic rings. The summed E-state index contributed by atoms with van der Waals surface area (Å²) in [6.07, 6.45) is -0.413. The summed E-state index contributed by atoms with van der Waals surface area (Å²) in [5.41, 5.74) is 0.506. The molecule has 3 N–H and O–H groups in total. The van der Waals surface area contributed by atoms with Gasteiger partial charge in [0.15, 0.2) is 0 Å². The Morgan fingerprint density at radius 1 is 0.897 bits per heavy atom. The van der Waals surface area contributed by atoms with Gasteiger partial charge in [0, 0.05) is 25.2 Å². The highest BCUT2D eigenvalue weighted by atomic mass is 32.2. The number of rotatable bonds is 9. The van der Waals surface area contributed by atoms with Crippen molar-refractivity contribution < 1.29 is 35.2 Å². The number of halogens is 2. The van der Waals surface area contributed by atoms with E-state index in [1.165, 1.54) is 63.5 Å². The van der Waals surface area contributed by atoms with Crippen molar-refractivity contribution in [3.8, 4) is 0 Å². The Bertz CT molecular complexity index is 1590. The maximum atomic E-state index is 13.8. The van der Waals surface area contributed by atoms with E-state index in [1.54, 1.807) is 6.07 Å². The molecular weight excluding hydrogens is 554 g/mol. The molecule has 10 nitrogen and oxygen atoms in total. The topological polar surface area (TPSA) is 142 Å². The van der Waals surface area contributed by atoms with Gasteiger partial charge in [-0.2, -0.15) is 0 Å².